The smallest absolute Gasteiger partial charge is 0.0576 e. The summed E-state index contributed by atoms with van der Waals surface area (Å²) < 4.78 is 5.68. The molecule has 0 radical (unpaired) electrons. The van der Waals surface area contributed by atoms with Crippen LogP contribution in [0.2, 0.25) is 0 Å². The molecule has 1 fully saturated rings. The molecule has 2 rings (SSSR count). The van der Waals surface area contributed by atoms with Crippen molar-refractivity contribution in [3.63, 3.8) is 0 Å². The molecule has 2 atom stereocenters. The summed E-state index contributed by atoms with van der Waals surface area (Å²) in [5.41, 5.74) is 1.36. The molecule has 0 saturated carbocycles. The van der Waals surface area contributed by atoms with Crippen LogP contribution in [0.4, 0.5) is 0 Å². The minimum Gasteiger partial charge on any atom is -0.378 e. The summed E-state index contributed by atoms with van der Waals surface area (Å²) in [6.07, 6.45) is 7.58. The van der Waals surface area contributed by atoms with Gasteiger partial charge in [-0.25, -0.2) is 0 Å². The summed E-state index contributed by atoms with van der Waals surface area (Å²) in [6.45, 7) is 2.86. The minimum atomic E-state index is 0.0510. The van der Waals surface area contributed by atoms with E-state index in [1.54, 1.807) is 0 Å². The lowest BCUT2D eigenvalue weighted by atomic mass is 9.76. The van der Waals surface area contributed by atoms with Gasteiger partial charge in [-0.15, -0.1) is 12.3 Å². The third-order valence-electron chi connectivity index (χ3n) is 3.15. The maximum atomic E-state index is 5.68. The Morgan fingerprint density at radius 2 is 2.20 bits per heavy atom. The van der Waals surface area contributed by atoms with Crippen molar-refractivity contribution in [2.24, 2.45) is 0 Å². The van der Waals surface area contributed by atoms with Crippen LogP contribution in [0.1, 0.15) is 25.3 Å². The van der Waals surface area contributed by atoms with Gasteiger partial charge in [0.2, 0.25) is 0 Å². The second-order valence-corrected chi connectivity index (χ2v) is 4.35. The lowest BCUT2D eigenvalue weighted by molar-refractivity contribution is 0.117. The van der Waals surface area contributed by atoms with Gasteiger partial charge in [0.1, 0.15) is 0 Å². The first-order valence-corrected chi connectivity index (χ1v) is 5.37. The van der Waals surface area contributed by atoms with Crippen molar-refractivity contribution < 1.29 is 4.74 Å². The number of hydrogen-bond donors (Lipinski definition) is 0. The fraction of sp³-hybridized carbons (Fsp3) is 0.429. The molecule has 0 N–H and O–H groups in total. The van der Waals surface area contributed by atoms with Crippen LogP contribution in [-0.2, 0) is 10.2 Å². The van der Waals surface area contributed by atoms with Gasteiger partial charge in [0.25, 0.3) is 0 Å². The highest BCUT2D eigenvalue weighted by Gasteiger charge is 2.39. The third kappa shape index (κ3) is 1.91. The van der Waals surface area contributed by atoms with Crippen LogP contribution in [0, 0.1) is 12.3 Å². The maximum absolute atomic E-state index is 5.68. The zero-order valence-electron chi connectivity index (χ0n) is 9.07. The molecule has 1 saturated heterocycles. The molecule has 1 heteroatoms. The van der Waals surface area contributed by atoms with Gasteiger partial charge in [-0.05, 0) is 18.9 Å². The molecule has 1 aliphatic rings. The van der Waals surface area contributed by atoms with Gasteiger partial charge in [-0.2, -0.15) is 0 Å². The van der Waals surface area contributed by atoms with E-state index in [4.69, 9.17) is 11.2 Å². The van der Waals surface area contributed by atoms with Crippen molar-refractivity contribution in [3.8, 4) is 12.3 Å². The van der Waals surface area contributed by atoms with E-state index in [2.05, 4.69) is 37.1 Å². The molecule has 15 heavy (non-hydrogen) atoms. The van der Waals surface area contributed by atoms with Crippen molar-refractivity contribution in [1.82, 2.24) is 0 Å². The van der Waals surface area contributed by atoms with E-state index in [9.17, 15) is 0 Å². The van der Waals surface area contributed by atoms with Crippen molar-refractivity contribution >= 4 is 0 Å². The number of ether oxygens (including phenoxy) is 1. The topological polar surface area (TPSA) is 9.23 Å². The van der Waals surface area contributed by atoms with Gasteiger partial charge < -0.3 is 4.74 Å². The van der Waals surface area contributed by atoms with Crippen molar-refractivity contribution in [2.45, 2.75) is 31.3 Å². The molecule has 0 spiro atoms. The molecule has 1 aromatic carbocycles. The monoisotopic (exact) mass is 200 g/mol. The van der Waals surface area contributed by atoms with E-state index >= 15 is 0 Å². The average molecular weight is 200 g/mol. The molecule has 0 aliphatic carbocycles. The van der Waals surface area contributed by atoms with E-state index in [1.807, 2.05) is 6.07 Å². The highest BCUT2D eigenvalue weighted by atomic mass is 16.5. The van der Waals surface area contributed by atoms with Crippen molar-refractivity contribution in [1.29, 1.82) is 0 Å². The largest absolute Gasteiger partial charge is 0.378 e. The van der Waals surface area contributed by atoms with Crippen LogP contribution >= 0.6 is 0 Å². The van der Waals surface area contributed by atoms with Crippen molar-refractivity contribution in [3.05, 3.63) is 35.9 Å². The Morgan fingerprint density at radius 1 is 1.47 bits per heavy atom. The minimum absolute atomic E-state index is 0.0510. The van der Waals surface area contributed by atoms with Crippen LogP contribution in [0.15, 0.2) is 30.3 Å². The first-order chi connectivity index (χ1) is 7.27. The van der Waals surface area contributed by atoms with Gasteiger partial charge in [-0.1, -0.05) is 30.3 Å². The molecule has 1 aromatic rings. The van der Waals surface area contributed by atoms with E-state index in [0.717, 1.165) is 19.4 Å². The van der Waals surface area contributed by atoms with Gasteiger partial charge in [-0.3, -0.25) is 0 Å². The Hall–Kier alpha value is -1.26. The summed E-state index contributed by atoms with van der Waals surface area (Å²) in [7, 11) is 0. The van der Waals surface area contributed by atoms with Gasteiger partial charge in [0, 0.05) is 11.8 Å². The van der Waals surface area contributed by atoms with E-state index in [1.165, 1.54) is 5.56 Å². The van der Waals surface area contributed by atoms with Crippen LogP contribution in [-0.4, -0.2) is 12.7 Å². The van der Waals surface area contributed by atoms with Gasteiger partial charge in [0.15, 0.2) is 0 Å². The fourth-order valence-corrected chi connectivity index (χ4v) is 2.38. The summed E-state index contributed by atoms with van der Waals surface area (Å²) in [5, 5.41) is 0. The van der Waals surface area contributed by atoms with Crippen LogP contribution in [0.3, 0.4) is 0 Å². The summed E-state index contributed by atoms with van der Waals surface area (Å²) >= 11 is 0. The number of terminal acetylenes is 1. The Labute approximate surface area is 91.5 Å². The SMILES string of the molecule is C#CCC1(c2ccccc2)COC(C)C1. The van der Waals surface area contributed by atoms with Gasteiger partial charge >= 0.3 is 0 Å². The summed E-state index contributed by atoms with van der Waals surface area (Å²) in [4.78, 5) is 0. The molecular formula is C14H16O. The Morgan fingerprint density at radius 3 is 2.73 bits per heavy atom. The van der Waals surface area contributed by atoms with E-state index in [-0.39, 0.29) is 5.41 Å². The predicted octanol–water partition coefficient (Wildman–Crippen LogP) is 2.76. The molecule has 0 amide bonds. The zero-order valence-corrected chi connectivity index (χ0v) is 9.07. The normalized spacial score (nSPS) is 30.0. The zero-order chi connectivity index (χ0) is 10.7. The molecule has 0 aromatic heterocycles. The number of rotatable bonds is 2. The highest BCUT2D eigenvalue weighted by molar-refractivity contribution is 5.29. The third-order valence-corrected chi connectivity index (χ3v) is 3.15. The molecule has 2 unspecified atom stereocenters. The van der Waals surface area contributed by atoms with Gasteiger partial charge in [0.05, 0.1) is 12.7 Å². The lowest BCUT2D eigenvalue weighted by Gasteiger charge is -2.25. The molecule has 0 bridgehead atoms. The molecular weight excluding hydrogens is 184 g/mol. The van der Waals surface area contributed by atoms with E-state index in [0.29, 0.717) is 6.10 Å². The van der Waals surface area contributed by atoms with Crippen molar-refractivity contribution in [2.75, 3.05) is 6.61 Å². The average Bonchev–Trinajstić information content (AvgIpc) is 2.63. The Balaban J connectivity index is 2.32. The first-order valence-electron chi connectivity index (χ1n) is 5.37. The van der Waals surface area contributed by atoms with Crippen LogP contribution in [0.5, 0.6) is 0 Å². The molecule has 1 aliphatic heterocycles. The van der Waals surface area contributed by atoms with Crippen LogP contribution < -0.4 is 0 Å². The Kier molecular flexibility index (Phi) is 2.79. The summed E-state index contributed by atoms with van der Waals surface area (Å²) in [5.74, 6) is 2.79. The fourth-order valence-electron chi connectivity index (χ4n) is 2.38. The first kappa shape index (κ1) is 10.3. The molecule has 78 valence electrons. The predicted molar refractivity (Wildman–Crippen MR) is 61.6 cm³/mol. The number of benzene rings is 1. The Bertz CT molecular complexity index is 363. The van der Waals surface area contributed by atoms with E-state index < -0.39 is 0 Å². The standard InChI is InChI=1S/C14H16O/c1-3-9-14(10-12(2)15-11-14)13-7-5-4-6-8-13/h1,4-8,12H,9-11H2,2H3. The molecule has 1 nitrogen and oxygen atoms in total. The molecule has 1 heterocycles. The second-order valence-electron chi connectivity index (χ2n) is 4.35. The van der Waals surface area contributed by atoms with Crippen LogP contribution in [0.25, 0.3) is 0 Å². The highest BCUT2D eigenvalue weighted by Crippen LogP contribution is 2.38. The number of hydrogen-bond acceptors (Lipinski definition) is 1. The second kappa shape index (κ2) is 4.08. The maximum Gasteiger partial charge on any atom is 0.0576 e. The summed E-state index contributed by atoms with van der Waals surface area (Å²) in [6, 6.07) is 10.5. The lowest BCUT2D eigenvalue weighted by Crippen LogP contribution is -2.26. The quantitative estimate of drug-likeness (QED) is 0.667.